The standard InChI is InChI=1S/C29H41N3O3/c1-18(32-27(33)20-4-6-21(15-30)31-16-20)25-8-9-26-24-7-5-19-14-29(34,17-35-3)13-11-22(19)23(24)10-12-28(25,26)2/h4,6,16,18-19,22-26,34H,5,7-14,17H2,1-3H3,(H,32,33)/t18-,19+,22-,23+,24+,25?,26-,28+,29+/m0/s1. The summed E-state index contributed by atoms with van der Waals surface area (Å²) in [5.41, 5.74) is 0.495. The molecule has 6 heteroatoms. The van der Waals surface area contributed by atoms with Crippen LogP contribution in [0.3, 0.4) is 0 Å². The molecule has 35 heavy (non-hydrogen) atoms. The Hall–Kier alpha value is -1.97. The number of nitriles is 1. The van der Waals surface area contributed by atoms with Gasteiger partial charge >= 0.3 is 0 Å². The molecule has 1 amide bonds. The lowest BCUT2D eigenvalue weighted by Gasteiger charge is -2.57. The van der Waals surface area contributed by atoms with Gasteiger partial charge in [-0.3, -0.25) is 4.79 Å². The molecular formula is C29H41N3O3. The van der Waals surface area contributed by atoms with E-state index in [-0.39, 0.29) is 17.4 Å². The van der Waals surface area contributed by atoms with Gasteiger partial charge in [-0.05, 0) is 118 Å². The molecule has 4 aliphatic rings. The second-order valence-electron chi connectivity index (χ2n) is 12.4. The number of aromatic nitrogens is 1. The van der Waals surface area contributed by atoms with Gasteiger partial charge in [0.15, 0.2) is 0 Å². The predicted octanol–water partition coefficient (Wildman–Crippen LogP) is 4.72. The van der Waals surface area contributed by atoms with Crippen molar-refractivity contribution < 1.29 is 14.6 Å². The summed E-state index contributed by atoms with van der Waals surface area (Å²) in [5, 5.41) is 23.2. The topological polar surface area (TPSA) is 95.2 Å². The number of hydrogen-bond acceptors (Lipinski definition) is 5. The Bertz CT molecular complexity index is 974. The third-order valence-corrected chi connectivity index (χ3v) is 10.7. The van der Waals surface area contributed by atoms with Crippen LogP contribution in [0.2, 0.25) is 0 Å². The van der Waals surface area contributed by atoms with Crippen LogP contribution in [0.1, 0.15) is 87.7 Å². The van der Waals surface area contributed by atoms with E-state index in [1.54, 1.807) is 19.2 Å². The van der Waals surface area contributed by atoms with E-state index in [1.807, 2.05) is 6.07 Å². The molecule has 0 radical (unpaired) electrons. The van der Waals surface area contributed by atoms with Crippen LogP contribution in [-0.2, 0) is 4.74 Å². The summed E-state index contributed by atoms with van der Waals surface area (Å²) in [7, 11) is 1.70. The summed E-state index contributed by atoms with van der Waals surface area (Å²) in [6, 6.07) is 5.41. The van der Waals surface area contributed by atoms with Gasteiger partial charge in [-0.15, -0.1) is 0 Å². The molecule has 1 aromatic rings. The highest BCUT2D eigenvalue weighted by molar-refractivity contribution is 5.94. The first-order valence-corrected chi connectivity index (χ1v) is 13.7. The number of nitrogens with one attached hydrogen (secondary N) is 1. The van der Waals surface area contributed by atoms with Gasteiger partial charge in [0, 0.05) is 19.3 Å². The Morgan fingerprint density at radius 2 is 2.00 bits per heavy atom. The molecule has 4 fully saturated rings. The second kappa shape index (κ2) is 9.48. The molecule has 0 spiro atoms. The van der Waals surface area contributed by atoms with Crippen LogP contribution < -0.4 is 5.32 Å². The molecule has 1 unspecified atom stereocenters. The lowest BCUT2D eigenvalue weighted by molar-refractivity contribution is -0.125. The zero-order chi connectivity index (χ0) is 24.8. The van der Waals surface area contributed by atoms with E-state index in [0.717, 1.165) is 42.9 Å². The number of amides is 1. The summed E-state index contributed by atoms with van der Waals surface area (Å²) < 4.78 is 5.34. The predicted molar refractivity (Wildman–Crippen MR) is 133 cm³/mol. The largest absolute Gasteiger partial charge is 0.387 e. The molecule has 190 valence electrons. The first kappa shape index (κ1) is 24.7. The van der Waals surface area contributed by atoms with Crippen molar-refractivity contribution in [3.63, 3.8) is 0 Å². The smallest absolute Gasteiger partial charge is 0.253 e. The Balaban J connectivity index is 1.25. The number of rotatable bonds is 5. The number of carbonyl (C=O) groups is 1. The van der Waals surface area contributed by atoms with Crippen LogP contribution in [0.25, 0.3) is 0 Å². The Morgan fingerprint density at radius 1 is 1.20 bits per heavy atom. The van der Waals surface area contributed by atoms with Gasteiger partial charge in [-0.2, -0.15) is 5.26 Å². The van der Waals surface area contributed by atoms with Crippen LogP contribution in [-0.4, -0.2) is 41.4 Å². The van der Waals surface area contributed by atoms with Gasteiger partial charge in [-0.1, -0.05) is 6.92 Å². The number of methoxy groups -OCH3 is 1. The maximum Gasteiger partial charge on any atom is 0.253 e. The van der Waals surface area contributed by atoms with E-state index in [4.69, 9.17) is 10.00 Å². The fraction of sp³-hybridized carbons (Fsp3) is 0.759. The van der Waals surface area contributed by atoms with Crippen molar-refractivity contribution >= 4 is 5.91 Å². The molecule has 4 saturated carbocycles. The normalized spacial score (nSPS) is 41.1. The quantitative estimate of drug-likeness (QED) is 0.637. The lowest BCUT2D eigenvalue weighted by atomic mass is 9.48. The van der Waals surface area contributed by atoms with Crippen LogP contribution in [0, 0.1) is 52.3 Å². The zero-order valence-corrected chi connectivity index (χ0v) is 21.5. The molecule has 1 aromatic heterocycles. The number of aliphatic hydroxyl groups is 1. The van der Waals surface area contributed by atoms with Gasteiger partial charge < -0.3 is 15.2 Å². The number of ether oxygens (including phenoxy) is 1. The summed E-state index contributed by atoms with van der Waals surface area (Å²) >= 11 is 0. The zero-order valence-electron chi connectivity index (χ0n) is 21.5. The van der Waals surface area contributed by atoms with Gasteiger partial charge in [0.25, 0.3) is 5.91 Å². The number of nitrogens with zero attached hydrogens (tertiary/aromatic N) is 2. The van der Waals surface area contributed by atoms with E-state index in [2.05, 4.69) is 24.1 Å². The van der Waals surface area contributed by atoms with Crippen molar-refractivity contribution in [2.24, 2.45) is 40.9 Å². The van der Waals surface area contributed by atoms with Crippen molar-refractivity contribution in [2.45, 2.75) is 83.3 Å². The third kappa shape index (κ3) is 4.40. The van der Waals surface area contributed by atoms with E-state index in [1.165, 1.54) is 44.7 Å². The number of hydrogen-bond donors (Lipinski definition) is 2. The monoisotopic (exact) mass is 479 g/mol. The first-order chi connectivity index (χ1) is 16.8. The maximum atomic E-state index is 12.9. The molecule has 0 aliphatic heterocycles. The Morgan fingerprint density at radius 3 is 2.71 bits per heavy atom. The minimum Gasteiger partial charge on any atom is -0.387 e. The fourth-order valence-corrected chi connectivity index (χ4v) is 9.21. The molecule has 6 nitrogen and oxygen atoms in total. The van der Waals surface area contributed by atoms with Gasteiger partial charge in [0.1, 0.15) is 11.8 Å². The summed E-state index contributed by atoms with van der Waals surface area (Å²) in [5.74, 6) is 4.12. The maximum absolute atomic E-state index is 12.9. The SMILES string of the molecule is COC[C@@]1(O)CC[C@H]2[C@H](CC[C@@H]3[C@@H]2CC[C@]2(C)C([C@H](C)NC(=O)c4ccc(C#N)nc4)CC[C@@H]32)C1. The van der Waals surface area contributed by atoms with E-state index in [9.17, 15) is 9.90 Å². The molecule has 0 saturated heterocycles. The number of fused-ring (bicyclic) bond motifs is 5. The van der Waals surface area contributed by atoms with Crippen molar-refractivity contribution in [2.75, 3.05) is 13.7 Å². The van der Waals surface area contributed by atoms with E-state index in [0.29, 0.717) is 29.7 Å². The summed E-state index contributed by atoms with van der Waals surface area (Å²) in [4.78, 5) is 17.0. The molecule has 4 aliphatic carbocycles. The van der Waals surface area contributed by atoms with E-state index >= 15 is 0 Å². The van der Waals surface area contributed by atoms with Gasteiger partial charge in [0.05, 0.1) is 17.8 Å². The van der Waals surface area contributed by atoms with Crippen LogP contribution in [0.4, 0.5) is 0 Å². The molecule has 1 heterocycles. The summed E-state index contributed by atoms with van der Waals surface area (Å²) in [6.45, 7) is 5.14. The lowest BCUT2D eigenvalue weighted by Crippen LogP contribution is -2.53. The molecule has 5 rings (SSSR count). The number of pyridine rings is 1. The molecule has 0 bridgehead atoms. The minimum atomic E-state index is -0.623. The third-order valence-electron chi connectivity index (χ3n) is 10.7. The van der Waals surface area contributed by atoms with E-state index < -0.39 is 5.60 Å². The highest BCUT2D eigenvalue weighted by atomic mass is 16.5. The Labute approximate surface area is 209 Å². The van der Waals surface area contributed by atoms with Crippen molar-refractivity contribution in [1.82, 2.24) is 10.3 Å². The highest BCUT2D eigenvalue weighted by Gasteiger charge is 2.58. The van der Waals surface area contributed by atoms with Crippen LogP contribution in [0.15, 0.2) is 18.3 Å². The van der Waals surface area contributed by atoms with Crippen molar-refractivity contribution in [3.05, 3.63) is 29.6 Å². The van der Waals surface area contributed by atoms with Crippen molar-refractivity contribution in [3.8, 4) is 6.07 Å². The van der Waals surface area contributed by atoms with Crippen molar-refractivity contribution in [1.29, 1.82) is 5.26 Å². The molecule has 9 atom stereocenters. The average molecular weight is 480 g/mol. The second-order valence-corrected chi connectivity index (χ2v) is 12.4. The van der Waals surface area contributed by atoms with Gasteiger partial charge in [-0.25, -0.2) is 4.98 Å². The van der Waals surface area contributed by atoms with Gasteiger partial charge in [0.2, 0.25) is 0 Å². The molecule has 2 N–H and O–H groups in total. The fourth-order valence-electron chi connectivity index (χ4n) is 9.21. The Kier molecular flexibility index (Phi) is 6.70. The summed E-state index contributed by atoms with van der Waals surface area (Å²) in [6.07, 6.45) is 11.9. The van der Waals surface area contributed by atoms with Crippen LogP contribution >= 0.6 is 0 Å². The molecular weight excluding hydrogens is 438 g/mol. The minimum absolute atomic E-state index is 0.0958. The first-order valence-electron chi connectivity index (χ1n) is 13.7. The number of carbonyl (C=O) groups excluding carboxylic acids is 1. The average Bonchev–Trinajstić information content (AvgIpc) is 3.21. The van der Waals surface area contributed by atoms with Crippen LogP contribution in [0.5, 0.6) is 0 Å². The molecule has 0 aromatic carbocycles. The highest BCUT2D eigenvalue weighted by Crippen LogP contribution is 2.65.